The van der Waals surface area contributed by atoms with Crippen LogP contribution in [-0.4, -0.2) is 9.97 Å². The quantitative estimate of drug-likeness (QED) is 0.808. The number of rotatable bonds is 3. The minimum absolute atomic E-state index is 0.383. The van der Waals surface area contributed by atoms with Gasteiger partial charge >= 0.3 is 0 Å². The third-order valence-electron chi connectivity index (χ3n) is 3.65. The molecular weight excluding hydrogens is 346 g/mol. The fraction of sp³-hybridized carbons (Fsp3) is 0.250. The minimum atomic E-state index is 0.383. The first-order chi connectivity index (χ1) is 10.1. The van der Waals surface area contributed by atoms with Gasteiger partial charge in [-0.3, -0.25) is 0 Å². The van der Waals surface area contributed by atoms with E-state index in [0.29, 0.717) is 4.99 Å². The molecule has 0 aliphatic heterocycles. The van der Waals surface area contributed by atoms with Gasteiger partial charge < -0.3 is 11.1 Å². The topological polar surface area (TPSA) is 50.9 Å². The SMILES string of the molecule is NC(=S)c1cc2c(nc1Nc1cccc(Br)c1)CCCC2. The molecule has 0 saturated carbocycles. The van der Waals surface area contributed by atoms with E-state index in [9.17, 15) is 0 Å². The minimum Gasteiger partial charge on any atom is -0.389 e. The average molecular weight is 362 g/mol. The van der Waals surface area contributed by atoms with Crippen LogP contribution < -0.4 is 11.1 Å². The number of hydrogen-bond donors (Lipinski definition) is 2. The first-order valence-corrected chi connectivity index (χ1v) is 8.19. The highest BCUT2D eigenvalue weighted by atomic mass is 79.9. The van der Waals surface area contributed by atoms with Crippen molar-refractivity contribution >= 4 is 44.6 Å². The van der Waals surface area contributed by atoms with Crippen LogP contribution in [0.15, 0.2) is 34.8 Å². The zero-order valence-corrected chi connectivity index (χ0v) is 13.9. The summed E-state index contributed by atoms with van der Waals surface area (Å²) in [5.41, 5.74) is 10.1. The van der Waals surface area contributed by atoms with E-state index in [1.807, 2.05) is 24.3 Å². The second-order valence-corrected chi connectivity index (χ2v) is 6.55. The summed E-state index contributed by atoms with van der Waals surface area (Å²) in [4.78, 5) is 5.15. The highest BCUT2D eigenvalue weighted by molar-refractivity contribution is 9.10. The Kier molecular flexibility index (Phi) is 4.22. The van der Waals surface area contributed by atoms with Crippen molar-refractivity contribution in [3.05, 3.63) is 51.6 Å². The number of halogens is 1. The van der Waals surface area contributed by atoms with Gasteiger partial charge in [-0.2, -0.15) is 0 Å². The van der Waals surface area contributed by atoms with Crippen molar-refractivity contribution in [2.45, 2.75) is 25.7 Å². The van der Waals surface area contributed by atoms with Crippen LogP contribution in [0.25, 0.3) is 0 Å². The predicted molar refractivity (Wildman–Crippen MR) is 94.2 cm³/mol. The molecular formula is C16H16BrN3S. The van der Waals surface area contributed by atoms with Crippen LogP contribution in [0.4, 0.5) is 11.5 Å². The monoisotopic (exact) mass is 361 g/mol. The van der Waals surface area contributed by atoms with Crippen LogP contribution in [0.5, 0.6) is 0 Å². The highest BCUT2D eigenvalue weighted by Crippen LogP contribution is 2.27. The molecule has 3 rings (SSSR count). The first kappa shape index (κ1) is 14.5. The predicted octanol–water partition coefficient (Wildman–Crippen LogP) is 4.10. The molecule has 2 aromatic rings. The zero-order chi connectivity index (χ0) is 14.8. The highest BCUT2D eigenvalue weighted by Gasteiger charge is 2.16. The maximum absolute atomic E-state index is 5.87. The number of aromatic nitrogens is 1. The lowest BCUT2D eigenvalue weighted by Crippen LogP contribution is -2.16. The van der Waals surface area contributed by atoms with Crippen LogP contribution in [0.1, 0.15) is 29.7 Å². The number of hydrogen-bond acceptors (Lipinski definition) is 3. The summed E-state index contributed by atoms with van der Waals surface area (Å²) in [6.45, 7) is 0. The number of anilines is 2. The Bertz CT molecular complexity index is 700. The molecule has 1 heterocycles. The molecule has 108 valence electrons. The van der Waals surface area contributed by atoms with Gasteiger partial charge in [0.15, 0.2) is 0 Å². The summed E-state index contributed by atoms with van der Waals surface area (Å²) in [6, 6.07) is 10.1. The first-order valence-electron chi connectivity index (χ1n) is 6.98. The van der Waals surface area contributed by atoms with E-state index in [4.69, 9.17) is 22.9 Å². The molecule has 1 aromatic heterocycles. The number of nitrogens with zero attached hydrogens (tertiary/aromatic N) is 1. The van der Waals surface area contributed by atoms with Crippen LogP contribution in [0.3, 0.4) is 0 Å². The second kappa shape index (κ2) is 6.12. The van der Waals surface area contributed by atoms with Crippen LogP contribution in [-0.2, 0) is 12.8 Å². The van der Waals surface area contributed by atoms with Crippen molar-refractivity contribution in [2.24, 2.45) is 5.73 Å². The number of nitrogens with one attached hydrogen (secondary N) is 1. The molecule has 0 fully saturated rings. The lowest BCUT2D eigenvalue weighted by molar-refractivity contribution is 0.668. The van der Waals surface area contributed by atoms with E-state index in [1.54, 1.807) is 0 Å². The molecule has 1 aliphatic carbocycles. The molecule has 21 heavy (non-hydrogen) atoms. The largest absolute Gasteiger partial charge is 0.389 e. The Morgan fingerprint density at radius 1 is 1.24 bits per heavy atom. The number of aryl methyl sites for hydroxylation is 2. The molecule has 0 atom stereocenters. The molecule has 0 bridgehead atoms. The van der Waals surface area contributed by atoms with E-state index in [0.717, 1.165) is 34.4 Å². The lowest BCUT2D eigenvalue weighted by atomic mass is 9.94. The molecule has 0 radical (unpaired) electrons. The Labute approximate surface area is 138 Å². The molecule has 0 spiro atoms. The summed E-state index contributed by atoms with van der Waals surface area (Å²) in [7, 11) is 0. The van der Waals surface area contributed by atoms with Crippen LogP contribution in [0, 0.1) is 0 Å². The number of fused-ring (bicyclic) bond motifs is 1. The molecule has 1 aromatic carbocycles. The molecule has 0 amide bonds. The third-order valence-corrected chi connectivity index (χ3v) is 4.37. The van der Waals surface area contributed by atoms with Crippen molar-refractivity contribution in [1.29, 1.82) is 0 Å². The van der Waals surface area contributed by atoms with Gasteiger partial charge in [-0.15, -0.1) is 0 Å². The molecule has 5 heteroatoms. The second-order valence-electron chi connectivity index (χ2n) is 5.20. The fourth-order valence-corrected chi connectivity index (χ4v) is 3.17. The van der Waals surface area contributed by atoms with E-state index < -0.39 is 0 Å². The normalized spacial score (nSPS) is 13.6. The Morgan fingerprint density at radius 3 is 2.81 bits per heavy atom. The van der Waals surface area contributed by atoms with Crippen molar-refractivity contribution in [1.82, 2.24) is 4.98 Å². The van der Waals surface area contributed by atoms with E-state index in [1.165, 1.54) is 24.1 Å². The molecule has 1 aliphatic rings. The van der Waals surface area contributed by atoms with E-state index in [2.05, 4.69) is 27.3 Å². The zero-order valence-electron chi connectivity index (χ0n) is 11.5. The van der Waals surface area contributed by atoms with Gasteiger partial charge in [0.2, 0.25) is 0 Å². The average Bonchev–Trinajstić information content (AvgIpc) is 2.46. The van der Waals surface area contributed by atoms with Crippen molar-refractivity contribution < 1.29 is 0 Å². The standard InChI is InChI=1S/C16H16BrN3S/c17-11-5-3-6-12(9-11)19-16-13(15(18)21)8-10-4-1-2-7-14(10)20-16/h3,5-6,8-9H,1-2,4,7H2,(H2,18,21)(H,19,20). The van der Waals surface area contributed by atoms with Crippen molar-refractivity contribution in [2.75, 3.05) is 5.32 Å². The van der Waals surface area contributed by atoms with Gasteiger partial charge in [-0.25, -0.2) is 4.98 Å². The third kappa shape index (κ3) is 3.24. The van der Waals surface area contributed by atoms with Crippen molar-refractivity contribution in [3.63, 3.8) is 0 Å². The van der Waals surface area contributed by atoms with Gasteiger partial charge in [0.25, 0.3) is 0 Å². The van der Waals surface area contributed by atoms with Gasteiger partial charge in [0.1, 0.15) is 10.8 Å². The smallest absolute Gasteiger partial charge is 0.140 e. The molecule has 0 saturated heterocycles. The number of nitrogens with two attached hydrogens (primary N) is 1. The maximum atomic E-state index is 5.87. The molecule has 3 N–H and O–H groups in total. The Hall–Kier alpha value is -1.46. The van der Waals surface area contributed by atoms with Crippen molar-refractivity contribution in [3.8, 4) is 0 Å². The van der Waals surface area contributed by atoms with Gasteiger partial charge in [-0.1, -0.05) is 34.2 Å². The Morgan fingerprint density at radius 2 is 2.05 bits per heavy atom. The van der Waals surface area contributed by atoms with Gasteiger partial charge in [0, 0.05) is 15.9 Å². The summed E-state index contributed by atoms with van der Waals surface area (Å²) in [5.74, 6) is 0.751. The van der Waals surface area contributed by atoms with Gasteiger partial charge in [-0.05, 0) is 55.5 Å². The fourth-order valence-electron chi connectivity index (χ4n) is 2.62. The van der Waals surface area contributed by atoms with Crippen LogP contribution >= 0.6 is 28.1 Å². The number of thiocarbonyl (C=S) groups is 1. The number of benzene rings is 1. The summed E-state index contributed by atoms with van der Waals surface area (Å²) >= 11 is 8.66. The molecule has 0 unspecified atom stereocenters. The maximum Gasteiger partial charge on any atom is 0.140 e. The summed E-state index contributed by atoms with van der Waals surface area (Å²) in [6.07, 6.45) is 4.50. The number of pyridine rings is 1. The lowest BCUT2D eigenvalue weighted by Gasteiger charge is -2.19. The summed E-state index contributed by atoms with van der Waals surface area (Å²) < 4.78 is 1.02. The van der Waals surface area contributed by atoms with Crippen LogP contribution in [0.2, 0.25) is 0 Å². The Balaban J connectivity index is 2.01. The summed E-state index contributed by atoms with van der Waals surface area (Å²) in [5, 5.41) is 3.34. The van der Waals surface area contributed by atoms with Gasteiger partial charge in [0.05, 0.1) is 5.56 Å². The molecule has 3 nitrogen and oxygen atoms in total. The van der Waals surface area contributed by atoms with E-state index >= 15 is 0 Å². The van der Waals surface area contributed by atoms with E-state index in [-0.39, 0.29) is 0 Å².